The van der Waals surface area contributed by atoms with Gasteiger partial charge in [0.15, 0.2) is 0 Å². The number of fused-ring (bicyclic) bond motifs is 3. The van der Waals surface area contributed by atoms with Crippen molar-refractivity contribution in [3.05, 3.63) is 34.2 Å². The summed E-state index contributed by atoms with van der Waals surface area (Å²) < 4.78 is 21.2. The van der Waals surface area contributed by atoms with Gasteiger partial charge in [0.05, 0.1) is 19.0 Å². The number of hydrogen-bond donors (Lipinski definition) is 0. The van der Waals surface area contributed by atoms with Crippen LogP contribution in [0, 0.1) is 5.82 Å². The number of halogens is 2. The second-order valence-corrected chi connectivity index (χ2v) is 6.01. The molecule has 0 saturated carbocycles. The molecule has 3 rings (SSSR count). The third-order valence-electron chi connectivity index (χ3n) is 3.96. The molecule has 2 aromatic rings. The van der Waals surface area contributed by atoms with Crippen LogP contribution in [0.3, 0.4) is 0 Å². The molecule has 3 nitrogen and oxygen atoms in total. The number of aromatic nitrogens is 1. The predicted molar refractivity (Wildman–Crippen MR) is 78.2 cm³/mol. The maximum atomic E-state index is 13.6. The monoisotopic (exact) mass is 339 g/mol. The summed E-state index contributed by atoms with van der Waals surface area (Å²) in [6, 6.07) is 5.10. The largest absolute Gasteiger partial charge is 0.469 e. The van der Waals surface area contributed by atoms with Crippen LogP contribution in [0.2, 0.25) is 0 Å². The van der Waals surface area contributed by atoms with Gasteiger partial charge in [-0.3, -0.25) is 4.79 Å². The van der Waals surface area contributed by atoms with Crippen molar-refractivity contribution >= 4 is 32.8 Å². The molecule has 1 aromatic heterocycles. The Morgan fingerprint density at radius 2 is 2.30 bits per heavy atom. The van der Waals surface area contributed by atoms with Crippen LogP contribution in [-0.2, 0) is 16.1 Å². The standard InChI is InChI=1S/C15H15BrFNO2/c1-20-15(19)5-9-3-2-4-18-13(9)8-11-12(16)6-10(17)7-14(11)18/h6-9H,2-5H2,1H3. The molecule has 0 bridgehead atoms. The molecule has 0 saturated heterocycles. The Kier molecular flexibility index (Phi) is 3.54. The molecule has 5 heteroatoms. The first-order chi connectivity index (χ1) is 9.60. The minimum atomic E-state index is -0.250. The highest BCUT2D eigenvalue weighted by Gasteiger charge is 2.25. The van der Waals surface area contributed by atoms with E-state index in [4.69, 9.17) is 4.74 Å². The lowest BCUT2D eigenvalue weighted by Crippen LogP contribution is -2.18. The van der Waals surface area contributed by atoms with Crippen molar-refractivity contribution in [1.82, 2.24) is 4.57 Å². The molecule has 0 N–H and O–H groups in total. The molecule has 1 aromatic carbocycles. The molecule has 1 aliphatic heterocycles. The molecule has 1 aliphatic rings. The van der Waals surface area contributed by atoms with E-state index >= 15 is 0 Å². The molecule has 0 aliphatic carbocycles. The normalized spacial score (nSPS) is 18.1. The van der Waals surface area contributed by atoms with Crippen molar-refractivity contribution in [2.75, 3.05) is 7.11 Å². The van der Waals surface area contributed by atoms with Crippen LogP contribution in [0.4, 0.5) is 4.39 Å². The Balaban J connectivity index is 2.10. The predicted octanol–water partition coefficient (Wildman–Crippen LogP) is 3.98. The zero-order valence-corrected chi connectivity index (χ0v) is 12.7. The Bertz CT molecular complexity index is 680. The maximum Gasteiger partial charge on any atom is 0.306 e. The molecular weight excluding hydrogens is 325 g/mol. The third kappa shape index (κ3) is 2.24. The van der Waals surface area contributed by atoms with Gasteiger partial charge in [0.25, 0.3) is 0 Å². The fourth-order valence-corrected chi connectivity index (χ4v) is 3.56. The van der Waals surface area contributed by atoms with Crippen LogP contribution >= 0.6 is 15.9 Å². The van der Waals surface area contributed by atoms with Gasteiger partial charge >= 0.3 is 5.97 Å². The van der Waals surface area contributed by atoms with Crippen molar-refractivity contribution < 1.29 is 13.9 Å². The quantitative estimate of drug-likeness (QED) is 0.775. The van der Waals surface area contributed by atoms with E-state index < -0.39 is 0 Å². The average Bonchev–Trinajstić information content (AvgIpc) is 2.79. The van der Waals surface area contributed by atoms with Crippen LogP contribution in [0.15, 0.2) is 22.7 Å². The van der Waals surface area contributed by atoms with E-state index in [1.165, 1.54) is 13.2 Å². The number of methoxy groups -OCH3 is 1. The highest BCUT2D eigenvalue weighted by molar-refractivity contribution is 9.10. The van der Waals surface area contributed by atoms with Gasteiger partial charge in [-0.15, -0.1) is 0 Å². The lowest BCUT2D eigenvalue weighted by molar-refractivity contribution is -0.141. The van der Waals surface area contributed by atoms with Crippen LogP contribution in [-0.4, -0.2) is 17.6 Å². The lowest BCUT2D eigenvalue weighted by atomic mass is 9.93. The molecular formula is C15H15BrFNO2. The van der Waals surface area contributed by atoms with Crippen LogP contribution in [0.1, 0.15) is 30.9 Å². The number of hydrogen-bond acceptors (Lipinski definition) is 2. The van der Waals surface area contributed by atoms with Crippen molar-refractivity contribution in [3.8, 4) is 0 Å². The summed E-state index contributed by atoms with van der Waals surface area (Å²) in [5.74, 6) is -0.294. The molecule has 2 heterocycles. The van der Waals surface area contributed by atoms with Gasteiger partial charge in [-0.2, -0.15) is 0 Å². The van der Waals surface area contributed by atoms with Crippen molar-refractivity contribution in [2.45, 2.75) is 31.7 Å². The fourth-order valence-electron chi connectivity index (χ4n) is 3.02. The first-order valence-electron chi connectivity index (χ1n) is 6.65. The molecule has 1 atom stereocenters. The number of esters is 1. The number of rotatable bonds is 2. The minimum absolute atomic E-state index is 0.151. The summed E-state index contributed by atoms with van der Waals surface area (Å²) in [5.41, 5.74) is 1.99. The van der Waals surface area contributed by atoms with Gasteiger partial charge in [0.1, 0.15) is 5.82 Å². The van der Waals surface area contributed by atoms with Gasteiger partial charge in [-0.1, -0.05) is 0 Å². The summed E-state index contributed by atoms with van der Waals surface area (Å²) in [4.78, 5) is 11.5. The molecule has 0 amide bonds. The van der Waals surface area contributed by atoms with Crippen LogP contribution < -0.4 is 0 Å². The zero-order chi connectivity index (χ0) is 14.3. The Morgan fingerprint density at radius 3 is 3.05 bits per heavy atom. The van der Waals surface area contributed by atoms with E-state index in [2.05, 4.69) is 26.6 Å². The Morgan fingerprint density at radius 1 is 1.50 bits per heavy atom. The first kappa shape index (κ1) is 13.6. The molecule has 0 spiro atoms. The van der Waals surface area contributed by atoms with Gasteiger partial charge in [0, 0.05) is 28.0 Å². The molecule has 1 unspecified atom stereocenters. The number of ether oxygens (including phenoxy) is 1. The minimum Gasteiger partial charge on any atom is -0.469 e. The maximum absolute atomic E-state index is 13.6. The van der Waals surface area contributed by atoms with Gasteiger partial charge < -0.3 is 9.30 Å². The van der Waals surface area contributed by atoms with Crippen LogP contribution in [0.5, 0.6) is 0 Å². The summed E-state index contributed by atoms with van der Waals surface area (Å²) >= 11 is 3.41. The second-order valence-electron chi connectivity index (χ2n) is 5.16. The lowest BCUT2D eigenvalue weighted by Gasteiger charge is -2.24. The Labute approximate surface area is 124 Å². The van der Waals surface area contributed by atoms with E-state index in [1.807, 2.05) is 0 Å². The van der Waals surface area contributed by atoms with E-state index in [9.17, 15) is 9.18 Å². The molecule has 106 valence electrons. The second kappa shape index (κ2) is 5.20. The van der Waals surface area contributed by atoms with Crippen molar-refractivity contribution in [3.63, 3.8) is 0 Å². The van der Waals surface area contributed by atoms with E-state index in [0.717, 1.165) is 40.5 Å². The summed E-state index contributed by atoms with van der Waals surface area (Å²) in [5, 5.41) is 0.998. The molecule has 0 radical (unpaired) electrons. The third-order valence-corrected chi connectivity index (χ3v) is 4.62. The molecule has 20 heavy (non-hydrogen) atoms. The van der Waals surface area contributed by atoms with E-state index in [0.29, 0.717) is 6.42 Å². The Hall–Kier alpha value is -1.36. The molecule has 0 fully saturated rings. The van der Waals surface area contributed by atoms with Crippen molar-refractivity contribution in [1.29, 1.82) is 0 Å². The SMILES string of the molecule is COC(=O)CC1CCCn2c1cc1c(Br)cc(F)cc12. The average molecular weight is 340 g/mol. The number of nitrogens with zero attached hydrogens (tertiary/aromatic N) is 1. The zero-order valence-electron chi connectivity index (χ0n) is 11.2. The van der Waals surface area contributed by atoms with E-state index in [1.54, 1.807) is 6.07 Å². The van der Waals surface area contributed by atoms with Crippen LogP contribution in [0.25, 0.3) is 10.9 Å². The summed E-state index contributed by atoms with van der Waals surface area (Å²) in [6.07, 6.45) is 2.34. The number of carbonyl (C=O) groups is 1. The number of benzene rings is 1. The summed E-state index contributed by atoms with van der Waals surface area (Å²) in [6.45, 7) is 0.867. The number of carbonyl (C=O) groups excluding carboxylic acids is 1. The summed E-state index contributed by atoms with van der Waals surface area (Å²) in [7, 11) is 1.41. The highest BCUT2D eigenvalue weighted by Crippen LogP contribution is 2.37. The van der Waals surface area contributed by atoms with Gasteiger partial charge in [-0.25, -0.2) is 4.39 Å². The number of aryl methyl sites for hydroxylation is 1. The smallest absolute Gasteiger partial charge is 0.306 e. The fraction of sp³-hybridized carbons (Fsp3) is 0.400. The van der Waals surface area contributed by atoms with Gasteiger partial charge in [-0.05, 0) is 47.0 Å². The van der Waals surface area contributed by atoms with Crippen molar-refractivity contribution in [2.24, 2.45) is 0 Å². The van der Waals surface area contributed by atoms with E-state index in [-0.39, 0.29) is 17.7 Å². The van der Waals surface area contributed by atoms with Gasteiger partial charge in [0.2, 0.25) is 0 Å². The topological polar surface area (TPSA) is 31.2 Å². The highest BCUT2D eigenvalue weighted by atomic mass is 79.9. The first-order valence-corrected chi connectivity index (χ1v) is 7.44.